The number of rotatable bonds is 3. The van der Waals surface area contributed by atoms with Gasteiger partial charge in [0.05, 0.1) is 10.4 Å². The molecule has 2 saturated heterocycles. The second-order valence-electron chi connectivity index (χ2n) is 8.68. The molecule has 0 saturated carbocycles. The van der Waals surface area contributed by atoms with Gasteiger partial charge in [0.15, 0.2) is 0 Å². The molecule has 0 bridgehead atoms. The molecule has 0 radical (unpaired) electrons. The molecule has 0 aliphatic carbocycles. The van der Waals surface area contributed by atoms with Gasteiger partial charge in [-0.15, -0.1) is 0 Å². The number of aromatic nitrogens is 1. The molecular formula is C21H29N3O3S2. The van der Waals surface area contributed by atoms with Crippen molar-refractivity contribution in [1.82, 2.24) is 13.2 Å². The van der Waals surface area contributed by atoms with Crippen LogP contribution in [0.3, 0.4) is 0 Å². The van der Waals surface area contributed by atoms with E-state index < -0.39 is 10.0 Å². The van der Waals surface area contributed by atoms with Gasteiger partial charge in [-0.05, 0) is 61.8 Å². The standard InChI is InChI=1S/C21H29N3O3S2/c1-15-10-16(2)14-23(13-15)29(26,27)18-6-7-19-17(11-18)12-20(24(19)28)21(25)22-8-4-3-5-9-22/h6-7,11-12,15-16,28H,3-5,8-10,13-14H2,1-2H3. The molecule has 1 amide bonds. The van der Waals surface area contributed by atoms with E-state index in [0.717, 1.165) is 49.7 Å². The summed E-state index contributed by atoms with van der Waals surface area (Å²) in [5.41, 5.74) is 1.23. The zero-order valence-electron chi connectivity index (χ0n) is 17.0. The van der Waals surface area contributed by atoms with Crippen LogP contribution in [0.25, 0.3) is 10.9 Å². The first-order valence-electron chi connectivity index (χ1n) is 10.4. The number of carbonyl (C=O) groups is 1. The minimum absolute atomic E-state index is 0.0426. The Morgan fingerprint density at radius 1 is 1.03 bits per heavy atom. The Bertz CT molecular complexity index is 1020. The average Bonchev–Trinajstić information content (AvgIpc) is 3.03. The quantitative estimate of drug-likeness (QED) is 0.749. The lowest BCUT2D eigenvalue weighted by atomic mass is 9.94. The van der Waals surface area contributed by atoms with Crippen molar-refractivity contribution in [2.75, 3.05) is 26.2 Å². The van der Waals surface area contributed by atoms with E-state index in [4.69, 9.17) is 0 Å². The van der Waals surface area contributed by atoms with Crippen LogP contribution in [-0.4, -0.2) is 53.7 Å². The molecule has 2 aliphatic heterocycles. The minimum atomic E-state index is -3.56. The Morgan fingerprint density at radius 3 is 2.34 bits per heavy atom. The zero-order valence-corrected chi connectivity index (χ0v) is 18.8. The van der Waals surface area contributed by atoms with Crippen molar-refractivity contribution in [3.05, 3.63) is 30.0 Å². The molecule has 2 unspecified atom stereocenters. The third-order valence-electron chi connectivity index (χ3n) is 6.08. The molecule has 2 fully saturated rings. The Hall–Kier alpha value is -1.51. The molecule has 29 heavy (non-hydrogen) atoms. The van der Waals surface area contributed by atoms with Gasteiger partial charge in [0.2, 0.25) is 10.0 Å². The molecule has 6 nitrogen and oxygen atoms in total. The highest BCUT2D eigenvalue weighted by atomic mass is 32.2. The van der Waals surface area contributed by atoms with Crippen LogP contribution in [0.2, 0.25) is 0 Å². The second kappa shape index (κ2) is 7.96. The Labute approximate surface area is 178 Å². The Morgan fingerprint density at radius 2 is 1.69 bits per heavy atom. The first-order valence-corrected chi connectivity index (χ1v) is 12.3. The fourth-order valence-corrected chi connectivity index (χ4v) is 6.74. The van der Waals surface area contributed by atoms with Crippen LogP contribution in [0.1, 0.15) is 50.0 Å². The van der Waals surface area contributed by atoms with Crippen LogP contribution in [-0.2, 0) is 10.0 Å². The third-order valence-corrected chi connectivity index (χ3v) is 8.34. The minimum Gasteiger partial charge on any atom is -0.337 e. The lowest BCUT2D eigenvalue weighted by Crippen LogP contribution is -2.42. The van der Waals surface area contributed by atoms with Gasteiger partial charge in [0.1, 0.15) is 5.69 Å². The molecule has 0 spiro atoms. The van der Waals surface area contributed by atoms with Gasteiger partial charge in [0, 0.05) is 31.6 Å². The normalized spacial score (nSPS) is 24.2. The van der Waals surface area contributed by atoms with Crippen LogP contribution < -0.4 is 0 Å². The molecule has 3 heterocycles. The summed E-state index contributed by atoms with van der Waals surface area (Å²) in [6.07, 6.45) is 4.25. The summed E-state index contributed by atoms with van der Waals surface area (Å²) in [6, 6.07) is 6.82. The third kappa shape index (κ3) is 3.94. The summed E-state index contributed by atoms with van der Waals surface area (Å²) in [4.78, 5) is 15.1. The van der Waals surface area contributed by atoms with Crippen molar-refractivity contribution in [1.29, 1.82) is 0 Å². The number of nitrogens with zero attached hydrogens (tertiary/aromatic N) is 3. The molecule has 8 heteroatoms. The van der Waals surface area contributed by atoms with Gasteiger partial charge in [0.25, 0.3) is 5.91 Å². The summed E-state index contributed by atoms with van der Waals surface area (Å²) in [6.45, 7) is 6.83. The molecule has 4 rings (SSSR count). The maximum atomic E-state index is 13.2. The van der Waals surface area contributed by atoms with E-state index in [2.05, 4.69) is 26.7 Å². The molecule has 2 aliphatic rings. The summed E-state index contributed by atoms with van der Waals surface area (Å²) in [7, 11) is -3.56. The summed E-state index contributed by atoms with van der Waals surface area (Å²) < 4.78 is 29.6. The molecule has 2 atom stereocenters. The number of carbonyl (C=O) groups excluding carboxylic acids is 1. The van der Waals surface area contributed by atoms with E-state index in [1.807, 2.05) is 4.90 Å². The summed E-state index contributed by atoms with van der Waals surface area (Å²) in [5, 5.41) is 0.722. The number of likely N-dealkylation sites (tertiary alicyclic amines) is 1. The Kier molecular flexibility index (Phi) is 5.70. The number of piperidine rings is 2. The van der Waals surface area contributed by atoms with Crippen molar-refractivity contribution in [3.8, 4) is 0 Å². The highest BCUT2D eigenvalue weighted by molar-refractivity contribution is 7.89. The van der Waals surface area contributed by atoms with Crippen LogP contribution >= 0.6 is 12.8 Å². The van der Waals surface area contributed by atoms with E-state index in [9.17, 15) is 13.2 Å². The molecule has 1 aromatic heterocycles. The zero-order chi connectivity index (χ0) is 20.8. The second-order valence-corrected chi connectivity index (χ2v) is 11.0. The first-order chi connectivity index (χ1) is 13.8. The lowest BCUT2D eigenvalue weighted by Gasteiger charge is -2.34. The van der Waals surface area contributed by atoms with Gasteiger partial charge < -0.3 is 4.90 Å². The van der Waals surface area contributed by atoms with E-state index in [-0.39, 0.29) is 10.8 Å². The van der Waals surface area contributed by atoms with Crippen molar-refractivity contribution < 1.29 is 13.2 Å². The van der Waals surface area contributed by atoms with Crippen molar-refractivity contribution in [2.45, 2.75) is 44.4 Å². The van der Waals surface area contributed by atoms with Gasteiger partial charge in [-0.3, -0.25) is 8.77 Å². The molecule has 2 aromatic rings. The van der Waals surface area contributed by atoms with Crippen molar-refractivity contribution >= 4 is 39.6 Å². The number of fused-ring (bicyclic) bond motifs is 1. The number of amides is 1. The maximum Gasteiger partial charge on any atom is 0.271 e. The van der Waals surface area contributed by atoms with E-state index in [1.54, 1.807) is 32.5 Å². The summed E-state index contributed by atoms with van der Waals surface area (Å²) >= 11 is 4.52. The van der Waals surface area contributed by atoms with Crippen LogP contribution in [0, 0.1) is 11.8 Å². The van der Waals surface area contributed by atoms with Gasteiger partial charge in [-0.25, -0.2) is 8.42 Å². The Balaban J connectivity index is 1.66. The lowest BCUT2D eigenvalue weighted by molar-refractivity contribution is 0.0718. The van der Waals surface area contributed by atoms with Crippen molar-refractivity contribution in [3.63, 3.8) is 0 Å². The number of sulfonamides is 1. The number of thiol groups is 1. The first kappa shape index (κ1) is 20.8. The number of benzene rings is 1. The van der Waals surface area contributed by atoms with Crippen molar-refractivity contribution in [2.24, 2.45) is 11.8 Å². The van der Waals surface area contributed by atoms with Gasteiger partial charge in [-0.2, -0.15) is 4.31 Å². The smallest absolute Gasteiger partial charge is 0.271 e. The van der Waals surface area contributed by atoms with Gasteiger partial charge in [-0.1, -0.05) is 26.7 Å². The predicted octanol–water partition coefficient (Wildman–Crippen LogP) is 3.63. The monoisotopic (exact) mass is 435 g/mol. The van der Waals surface area contributed by atoms with Crippen LogP contribution in [0.15, 0.2) is 29.2 Å². The average molecular weight is 436 g/mol. The number of hydrogen-bond acceptors (Lipinski definition) is 4. The fraction of sp³-hybridized carbons (Fsp3) is 0.571. The molecular weight excluding hydrogens is 406 g/mol. The topological polar surface area (TPSA) is 62.6 Å². The molecule has 1 aromatic carbocycles. The van der Waals surface area contributed by atoms with E-state index in [1.165, 1.54) is 0 Å². The van der Waals surface area contributed by atoms with E-state index >= 15 is 0 Å². The maximum absolute atomic E-state index is 13.2. The number of hydrogen-bond donors (Lipinski definition) is 1. The largest absolute Gasteiger partial charge is 0.337 e. The highest BCUT2D eigenvalue weighted by Crippen LogP contribution is 2.30. The molecule has 158 valence electrons. The van der Waals surface area contributed by atoms with Gasteiger partial charge >= 0.3 is 0 Å². The highest BCUT2D eigenvalue weighted by Gasteiger charge is 2.32. The van der Waals surface area contributed by atoms with E-state index in [0.29, 0.717) is 30.6 Å². The fourth-order valence-electron chi connectivity index (χ4n) is 4.70. The van der Waals surface area contributed by atoms with Crippen LogP contribution in [0.5, 0.6) is 0 Å². The SMILES string of the molecule is CC1CC(C)CN(S(=O)(=O)c2ccc3c(c2)cc(C(=O)N2CCCCC2)n3S)C1. The summed E-state index contributed by atoms with van der Waals surface area (Å²) in [5.74, 6) is 0.660. The molecule has 0 N–H and O–H groups in total. The predicted molar refractivity (Wildman–Crippen MR) is 118 cm³/mol. The van der Waals surface area contributed by atoms with Crippen LogP contribution in [0.4, 0.5) is 0 Å².